The van der Waals surface area contributed by atoms with Crippen molar-refractivity contribution in [2.75, 3.05) is 33.4 Å². The number of amides is 1. The van der Waals surface area contributed by atoms with Gasteiger partial charge < -0.3 is 15.4 Å². The summed E-state index contributed by atoms with van der Waals surface area (Å²) in [5.41, 5.74) is 0. The predicted octanol–water partition coefficient (Wildman–Crippen LogP) is 0.775. The molecule has 0 aromatic rings. The van der Waals surface area contributed by atoms with Gasteiger partial charge in [0, 0.05) is 32.7 Å². The molecule has 2 saturated carbocycles. The van der Waals surface area contributed by atoms with Gasteiger partial charge in [0.15, 0.2) is 0 Å². The first kappa shape index (κ1) is 12.8. The average molecular weight is 240 g/mol. The molecule has 98 valence electrons. The first-order chi connectivity index (χ1) is 8.34. The molecule has 2 unspecified atom stereocenters. The molecule has 4 nitrogen and oxygen atoms in total. The second-order valence-corrected chi connectivity index (χ2v) is 5.17. The van der Waals surface area contributed by atoms with E-state index in [1.165, 1.54) is 25.7 Å². The van der Waals surface area contributed by atoms with E-state index in [1.807, 2.05) is 0 Å². The van der Waals surface area contributed by atoms with Gasteiger partial charge in [-0.25, -0.2) is 0 Å². The Balaban J connectivity index is 1.53. The minimum atomic E-state index is 0.287. The highest BCUT2D eigenvalue weighted by Crippen LogP contribution is 2.55. The van der Waals surface area contributed by atoms with Gasteiger partial charge in [-0.1, -0.05) is 12.8 Å². The number of methoxy groups -OCH3 is 1. The molecule has 2 N–H and O–H groups in total. The van der Waals surface area contributed by atoms with Crippen molar-refractivity contribution in [2.45, 2.75) is 25.7 Å². The highest BCUT2D eigenvalue weighted by Gasteiger charge is 2.54. The number of hydrogen-bond acceptors (Lipinski definition) is 3. The van der Waals surface area contributed by atoms with E-state index in [-0.39, 0.29) is 5.91 Å². The highest BCUT2D eigenvalue weighted by molar-refractivity contribution is 5.82. The standard InChI is InChI=1S/C13H24N2O2/c1-17-9-8-14-6-7-15-13(16)12-10-4-2-3-5-11(10)12/h10-12,14H,2-9H2,1H3,(H,15,16). The van der Waals surface area contributed by atoms with Crippen molar-refractivity contribution in [3.8, 4) is 0 Å². The average Bonchev–Trinajstić information content (AvgIpc) is 3.07. The second-order valence-electron chi connectivity index (χ2n) is 5.17. The van der Waals surface area contributed by atoms with E-state index in [1.54, 1.807) is 7.11 Å². The SMILES string of the molecule is COCCNCCNC(=O)C1C2CCCCC21. The summed E-state index contributed by atoms with van der Waals surface area (Å²) in [5, 5.41) is 6.26. The van der Waals surface area contributed by atoms with Crippen LogP contribution in [0, 0.1) is 17.8 Å². The molecule has 2 atom stereocenters. The Morgan fingerprint density at radius 1 is 1.18 bits per heavy atom. The number of hydrogen-bond donors (Lipinski definition) is 2. The largest absolute Gasteiger partial charge is 0.383 e. The van der Waals surface area contributed by atoms with Crippen LogP contribution in [-0.4, -0.2) is 39.3 Å². The van der Waals surface area contributed by atoms with Gasteiger partial charge in [-0.2, -0.15) is 0 Å². The zero-order valence-electron chi connectivity index (χ0n) is 10.7. The third kappa shape index (κ3) is 3.42. The van der Waals surface area contributed by atoms with Crippen LogP contribution in [-0.2, 0) is 9.53 Å². The summed E-state index contributed by atoms with van der Waals surface area (Å²) in [5.74, 6) is 2.06. The van der Waals surface area contributed by atoms with E-state index in [9.17, 15) is 4.79 Å². The molecular weight excluding hydrogens is 216 g/mol. The van der Waals surface area contributed by atoms with Crippen molar-refractivity contribution < 1.29 is 9.53 Å². The lowest BCUT2D eigenvalue weighted by molar-refractivity contribution is -0.122. The van der Waals surface area contributed by atoms with E-state index in [4.69, 9.17) is 4.74 Å². The Morgan fingerprint density at radius 3 is 2.53 bits per heavy atom. The Kier molecular flexibility index (Phi) is 4.80. The first-order valence-electron chi connectivity index (χ1n) is 6.82. The molecular formula is C13H24N2O2. The number of carbonyl (C=O) groups excluding carboxylic acids is 1. The Labute approximate surface area is 103 Å². The van der Waals surface area contributed by atoms with Crippen LogP contribution in [0.4, 0.5) is 0 Å². The maximum absolute atomic E-state index is 11.9. The van der Waals surface area contributed by atoms with Crippen molar-refractivity contribution in [3.63, 3.8) is 0 Å². The molecule has 0 heterocycles. The first-order valence-corrected chi connectivity index (χ1v) is 6.82. The summed E-state index contributed by atoms with van der Waals surface area (Å²) in [6.07, 6.45) is 5.19. The second kappa shape index (κ2) is 6.36. The number of fused-ring (bicyclic) bond motifs is 1. The molecule has 0 bridgehead atoms. The maximum atomic E-state index is 11.9. The summed E-state index contributed by atoms with van der Waals surface area (Å²) in [6, 6.07) is 0. The lowest BCUT2D eigenvalue weighted by Gasteiger charge is -2.06. The third-order valence-corrected chi connectivity index (χ3v) is 4.04. The van der Waals surface area contributed by atoms with Crippen molar-refractivity contribution in [1.82, 2.24) is 10.6 Å². The molecule has 1 amide bonds. The highest BCUT2D eigenvalue weighted by atomic mass is 16.5. The van der Waals surface area contributed by atoms with Crippen LogP contribution in [0.1, 0.15) is 25.7 Å². The smallest absolute Gasteiger partial charge is 0.223 e. The maximum Gasteiger partial charge on any atom is 0.223 e. The number of nitrogens with one attached hydrogen (secondary N) is 2. The fourth-order valence-electron chi connectivity index (χ4n) is 3.07. The zero-order chi connectivity index (χ0) is 12.1. The van der Waals surface area contributed by atoms with Crippen molar-refractivity contribution >= 4 is 5.91 Å². The Bertz CT molecular complexity index is 246. The molecule has 0 aliphatic heterocycles. The van der Waals surface area contributed by atoms with Crippen LogP contribution >= 0.6 is 0 Å². The summed E-state index contributed by atoms with van der Waals surface area (Å²) in [7, 11) is 1.69. The van der Waals surface area contributed by atoms with Gasteiger partial charge in [-0.3, -0.25) is 4.79 Å². The molecule has 2 fully saturated rings. The van der Waals surface area contributed by atoms with Gasteiger partial charge in [0.1, 0.15) is 0 Å². The van der Waals surface area contributed by atoms with Crippen LogP contribution in [0.15, 0.2) is 0 Å². The molecule has 0 spiro atoms. The molecule has 2 aliphatic rings. The minimum Gasteiger partial charge on any atom is -0.383 e. The van der Waals surface area contributed by atoms with Gasteiger partial charge >= 0.3 is 0 Å². The van der Waals surface area contributed by atoms with E-state index in [0.717, 1.165) is 26.2 Å². The van der Waals surface area contributed by atoms with Gasteiger partial charge in [-0.05, 0) is 24.7 Å². The molecule has 0 radical (unpaired) electrons. The number of ether oxygens (including phenoxy) is 1. The Morgan fingerprint density at radius 2 is 1.88 bits per heavy atom. The van der Waals surface area contributed by atoms with Gasteiger partial charge in [-0.15, -0.1) is 0 Å². The van der Waals surface area contributed by atoms with Crippen LogP contribution in [0.3, 0.4) is 0 Å². The lowest BCUT2D eigenvalue weighted by atomic mass is 10.0. The summed E-state index contributed by atoms with van der Waals surface area (Å²) >= 11 is 0. The van der Waals surface area contributed by atoms with Crippen LogP contribution in [0.5, 0.6) is 0 Å². The van der Waals surface area contributed by atoms with E-state index in [2.05, 4.69) is 10.6 Å². The molecule has 0 aromatic heterocycles. The zero-order valence-corrected chi connectivity index (χ0v) is 10.7. The van der Waals surface area contributed by atoms with Gasteiger partial charge in [0.05, 0.1) is 6.61 Å². The lowest BCUT2D eigenvalue weighted by Crippen LogP contribution is -2.34. The normalized spacial score (nSPS) is 30.8. The predicted molar refractivity (Wildman–Crippen MR) is 66.7 cm³/mol. The summed E-state index contributed by atoms with van der Waals surface area (Å²) in [6.45, 7) is 3.14. The number of carbonyl (C=O) groups is 1. The molecule has 2 rings (SSSR count). The van der Waals surface area contributed by atoms with Crippen molar-refractivity contribution in [2.24, 2.45) is 17.8 Å². The topological polar surface area (TPSA) is 50.4 Å². The van der Waals surface area contributed by atoms with E-state index >= 15 is 0 Å². The van der Waals surface area contributed by atoms with Crippen molar-refractivity contribution in [3.05, 3.63) is 0 Å². The fraction of sp³-hybridized carbons (Fsp3) is 0.923. The Hall–Kier alpha value is -0.610. The molecule has 2 aliphatic carbocycles. The number of rotatable bonds is 7. The minimum absolute atomic E-state index is 0.287. The monoisotopic (exact) mass is 240 g/mol. The fourth-order valence-corrected chi connectivity index (χ4v) is 3.07. The van der Waals surface area contributed by atoms with Gasteiger partial charge in [0.2, 0.25) is 5.91 Å². The quantitative estimate of drug-likeness (QED) is 0.646. The summed E-state index contributed by atoms with van der Waals surface area (Å²) in [4.78, 5) is 11.9. The van der Waals surface area contributed by atoms with Crippen LogP contribution < -0.4 is 10.6 Å². The van der Waals surface area contributed by atoms with Crippen LogP contribution in [0.25, 0.3) is 0 Å². The van der Waals surface area contributed by atoms with E-state index < -0.39 is 0 Å². The van der Waals surface area contributed by atoms with Gasteiger partial charge in [0.25, 0.3) is 0 Å². The van der Waals surface area contributed by atoms with Crippen molar-refractivity contribution in [1.29, 1.82) is 0 Å². The molecule has 17 heavy (non-hydrogen) atoms. The molecule has 0 saturated heterocycles. The van der Waals surface area contributed by atoms with E-state index in [0.29, 0.717) is 17.8 Å². The molecule has 0 aromatic carbocycles. The molecule has 4 heteroatoms. The van der Waals surface area contributed by atoms with Crippen LogP contribution in [0.2, 0.25) is 0 Å². The third-order valence-electron chi connectivity index (χ3n) is 4.04. The summed E-state index contributed by atoms with van der Waals surface area (Å²) < 4.78 is 4.93.